The largest absolute Gasteiger partial charge is 1.00 e. The lowest BCUT2D eigenvalue weighted by atomic mass is 9.68. The van der Waals surface area contributed by atoms with Gasteiger partial charge in [-0.25, -0.2) is 5.01 Å². The van der Waals surface area contributed by atoms with Crippen LogP contribution in [0.4, 0.5) is 0 Å². The van der Waals surface area contributed by atoms with Crippen LogP contribution in [0.2, 0.25) is 0 Å². The molecule has 2 nitrogen and oxygen atoms in total. The third kappa shape index (κ3) is 6.46. The van der Waals surface area contributed by atoms with Crippen LogP contribution in [-0.4, -0.2) is 18.3 Å². The summed E-state index contributed by atoms with van der Waals surface area (Å²) >= 11 is 0. The van der Waals surface area contributed by atoms with Crippen molar-refractivity contribution in [2.45, 2.75) is 124 Å². The molecule has 0 bridgehead atoms. The van der Waals surface area contributed by atoms with E-state index in [9.17, 15) is 0 Å². The molecule has 0 spiro atoms. The van der Waals surface area contributed by atoms with E-state index in [1.54, 1.807) is 0 Å². The number of hydrogen-bond acceptors (Lipinski definition) is 1. The van der Waals surface area contributed by atoms with E-state index >= 15 is 0 Å². The van der Waals surface area contributed by atoms with Gasteiger partial charge < -0.3 is 12.4 Å². The molecule has 2 rings (SSSR count). The van der Waals surface area contributed by atoms with Gasteiger partial charge in [0.1, 0.15) is 5.54 Å². The Morgan fingerprint density at radius 1 is 0.741 bits per heavy atom. The molecule has 2 fully saturated rings. The molecule has 0 aromatic rings. The summed E-state index contributed by atoms with van der Waals surface area (Å²) in [6, 6.07) is 0. The Bertz CT molecular complexity index is 440. The van der Waals surface area contributed by atoms with Crippen molar-refractivity contribution in [2.75, 3.05) is 7.05 Å². The van der Waals surface area contributed by atoms with Gasteiger partial charge >= 0.3 is 0 Å². The van der Waals surface area contributed by atoms with Crippen molar-refractivity contribution >= 4 is 5.71 Å². The summed E-state index contributed by atoms with van der Waals surface area (Å²) in [6.45, 7) is 14.0. The highest BCUT2D eigenvalue weighted by atomic mass is 35.5. The van der Waals surface area contributed by atoms with E-state index < -0.39 is 0 Å². The molecule has 0 amide bonds. The first-order chi connectivity index (χ1) is 12.1. The van der Waals surface area contributed by atoms with Crippen molar-refractivity contribution in [3.63, 3.8) is 0 Å². The van der Waals surface area contributed by atoms with Crippen LogP contribution in [0.15, 0.2) is 5.10 Å². The van der Waals surface area contributed by atoms with Crippen molar-refractivity contribution in [3.05, 3.63) is 0 Å². The number of hydrogen-bond donors (Lipinski definition) is 1. The van der Waals surface area contributed by atoms with E-state index in [2.05, 4.69) is 48.6 Å². The molecule has 1 atom stereocenters. The summed E-state index contributed by atoms with van der Waals surface area (Å²) in [6.07, 6.45) is 17.1. The number of nitrogens with zero attached hydrogens (tertiary/aromatic N) is 1. The Balaban J connectivity index is 0.00000364. The van der Waals surface area contributed by atoms with Crippen LogP contribution >= 0.6 is 0 Å². The highest BCUT2D eigenvalue weighted by molar-refractivity contribution is 5.93. The zero-order valence-corrected chi connectivity index (χ0v) is 20.1. The van der Waals surface area contributed by atoms with Crippen molar-refractivity contribution in [2.24, 2.45) is 21.8 Å². The molecule has 0 aromatic heterocycles. The minimum absolute atomic E-state index is 0. The molecule has 0 heterocycles. The predicted molar refractivity (Wildman–Crippen MR) is 115 cm³/mol. The van der Waals surface area contributed by atoms with E-state index in [1.165, 1.54) is 87.8 Å². The average Bonchev–Trinajstić information content (AvgIpc) is 2.50. The maximum Gasteiger partial charge on any atom is 0.124 e. The van der Waals surface area contributed by atoms with E-state index in [1.807, 2.05) is 0 Å². The van der Waals surface area contributed by atoms with Crippen LogP contribution in [0.3, 0.4) is 0 Å². The molecule has 27 heavy (non-hydrogen) atoms. The number of quaternary nitrogens is 1. The fraction of sp³-hybridized carbons (Fsp3) is 0.958. The molecule has 160 valence electrons. The standard InChI is InChI=1S/C24H46N2.ClH/c1-22(2,3)21(23(4,5)6)25-26(7)24(18-14-11-15-19-24)20-16-12-9-8-10-13-17-20;/h20H,8-19H2,1-7H3;1H. The highest BCUT2D eigenvalue weighted by Gasteiger charge is 2.48. The molecular formula is C24H47ClN2. The van der Waals surface area contributed by atoms with E-state index in [0.717, 1.165) is 5.92 Å². The minimum Gasteiger partial charge on any atom is -1.00 e. The average molecular weight is 399 g/mol. The molecule has 0 aromatic carbocycles. The summed E-state index contributed by atoms with van der Waals surface area (Å²) in [4.78, 5) is 0. The molecule has 2 saturated carbocycles. The first-order valence-electron chi connectivity index (χ1n) is 11.5. The number of nitrogens with one attached hydrogen (secondary N) is 1. The van der Waals surface area contributed by atoms with E-state index in [-0.39, 0.29) is 23.2 Å². The summed E-state index contributed by atoms with van der Waals surface area (Å²) in [5, 5.41) is 6.95. The van der Waals surface area contributed by atoms with Crippen molar-refractivity contribution in [3.8, 4) is 0 Å². The Kier molecular flexibility index (Phi) is 9.34. The summed E-state index contributed by atoms with van der Waals surface area (Å²) < 4.78 is 0. The first-order valence-corrected chi connectivity index (χ1v) is 11.5. The lowest BCUT2D eigenvalue weighted by Gasteiger charge is -2.46. The quantitative estimate of drug-likeness (QED) is 0.556. The maximum absolute atomic E-state index is 5.48. The van der Waals surface area contributed by atoms with Crippen LogP contribution < -0.4 is 17.4 Å². The van der Waals surface area contributed by atoms with Gasteiger partial charge in [-0.05, 0) is 25.7 Å². The van der Waals surface area contributed by atoms with Crippen LogP contribution in [0.1, 0.15) is 119 Å². The third-order valence-corrected chi connectivity index (χ3v) is 7.05. The Hall–Kier alpha value is -0.0800. The Labute approximate surface area is 176 Å². The number of rotatable bonds is 3. The molecule has 3 heteroatoms. The van der Waals surface area contributed by atoms with Crippen molar-refractivity contribution in [1.29, 1.82) is 0 Å². The minimum atomic E-state index is 0. The Morgan fingerprint density at radius 2 is 1.15 bits per heavy atom. The first kappa shape index (κ1) is 25.0. The molecule has 0 radical (unpaired) electrons. The molecule has 1 unspecified atom stereocenters. The lowest BCUT2D eigenvalue weighted by Crippen LogP contribution is -3.15. The summed E-state index contributed by atoms with van der Waals surface area (Å²) in [5.41, 5.74) is 2.04. The summed E-state index contributed by atoms with van der Waals surface area (Å²) in [5.74, 6) is 0.869. The number of halogens is 1. The SMILES string of the molecule is C[NH+](N=C(C(C)(C)C)C(C)(C)C)C1(C2CCCCCCC2)CCCCC1.[Cl-]. The van der Waals surface area contributed by atoms with Gasteiger partial charge in [-0.3, -0.25) is 0 Å². The topological polar surface area (TPSA) is 16.8 Å². The van der Waals surface area contributed by atoms with Gasteiger partial charge in [0.05, 0.1) is 12.8 Å². The van der Waals surface area contributed by atoms with Gasteiger partial charge in [-0.2, -0.15) is 0 Å². The summed E-state index contributed by atoms with van der Waals surface area (Å²) in [7, 11) is 2.39. The predicted octanol–water partition coefficient (Wildman–Crippen LogP) is 3.02. The molecule has 0 aliphatic heterocycles. The second kappa shape index (κ2) is 10.1. The zero-order valence-electron chi connectivity index (χ0n) is 19.4. The second-order valence-corrected chi connectivity index (χ2v) is 11.3. The Morgan fingerprint density at radius 3 is 1.59 bits per heavy atom. The second-order valence-electron chi connectivity index (χ2n) is 11.3. The van der Waals surface area contributed by atoms with E-state index in [0.29, 0.717) is 5.54 Å². The fourth-order valence-corrected chi connectivity index (χ4v) is 6.00. The smallest absolute Gasteiger partial charge is 0.124 e. The van der Waals surface area contributed by atoms with Gasteiger partial charge in [0.2, 0.25) is 0 Å². The maximum atomic E-state index is 5.48. The molecule has 2 aliphatic carbocycles. The van der Waals surface area contributed by atoms with Gasteiger partial charge in [0.15, 0.2) is 0 Å². The monoisotopic (exact) mass is 398 g/mol. The molecule has 0 saturated heterocycles. The molecular weight excluding hydrogens is 352 g/mol. The van der Waals surface area contributed by atoms with Crippen LogP contribution in [0, 0.1) is 16.7 Å². The van der Waals surface area contributed by atoms with E-state index in [4.69, 9.17) is 5.10 Å². The van der Waals surface area contributed by atoms with Gasteiger partial charge in [0, 0.05) is 29.6 Å². The van der Waals surface area contributed by atoms with Gasteiger partial charge in [-0.1, -0.05) is 85.2 Å². The van der Waals surface area contributed by atoms with Crippen LogP contribution in [0.5, 0.6) is 0 Å². The fourth-order valence-electron chi connectivity index (χ4n) is 6.00. The lowest BCUT2D eigenvalue weighted by molar-refractivity contribution is -0.949. The molecule has 1 N–H and O–H groups in total. The zero-order chi connectivity index (χ0) is 19.4. The highest BCUT2D eigenvalue weighted by Crippen LogP contribution is 2.39. The van der Waals surface area contributed by atoms with Crippen LogP contribution in [-0.2, 0) is 0 Å². The van der Waals surface area contributed by atoms with Crippen LogP contribution in [0.25, 0.3) is 0 Å². The third-order valence-electron chi connectivity index (χ3n) is 7.05. The van der Waals surface area contributed by atoms with Gasteiger partial charge in [0.25, 0.3) is 0 Å². The van der Waals surface area contributed by atoms with Crippen molar-refractivity contribution in [1.82, 2.24) is 0 Å². The molecule has 2 aliphatic rings. The normalized spacial score (nSPS) is 23.5. The van der Waals surface area contributed by atoms with Crippen molar-refractivity contribution < 1.29 is 17.4 Å². The van der Waals surface area contributed by atoms with Gasteiger partial charge in [-0.15, -0.1) is 0 Å².